The molecule has 0 amide bonds. The average molecular weight is 740 g/mol. The maximum absolute atomic E-state index is 6.25. The van der Waals surface area contributed by atoms with Crippen molar-refractivity contribution in [2.24, 2.45) is 0 Å². The van der Waals surface area contributed by atoms with Crippen molar-refractivity contribution >= 4 is 60.5 Å². The monoisotopic (exact) mass is 739 g/mol. The molecule has 11 aromatic rings. The van der Waals surface area contributed by atoms with E-state index in [1.807, 2.05) is 12.1 Å². The van der Waals surface area contributed by atoms with Gasteiger partial charge in [0.15, 0.2) is 0 Å². The van der Waals surface area contributed by atoms with Crippen LogP contribution >= 0.6 is 0 Å². The lowest BCUT2D eigenvalue weighted by Crippen LogP contribution is -2.12. The van der Waals surface area contributed by atoms with Gasteiger partial charge in [0.2, 0.25) is 0 Å². The Morgan fingerprint density at radius 1 is 0.276 bits per heavy atom. The predicted octanol–water partition coefficient (Wildman–Crippen LogP) is 16.0. The van der Waals surface area contributed by atoms with E-state index in [1.165, 1.54) is 43.8 Å². The molecule has 0 fully saturated rings. The maximum Gasteiger partial charge on any atom is 0.135 e. The lowest BCUT2D eigenvalue weighted by atomic mass is 9.94. The number of benzene rings is 10. The molecule has 0 unspecified atom stereocenters. The first-order valence-corrected chi connectivity index (χ1v) is 19.8. The van der Waals surface area contributed by atoms with Crippen LogP contribution in [0.2, 0.25) is 0 Å². The Morgan fingerprint density at radius 3 is 1.60 bits per heavy atom. The summed E-state index contributed by atoms with van der Waals surface area (Å²) in [5, 5.41) is 7.28. The van der Waals surface area contributed by atoms with Crippen LogP contribution in [-0.4, -0.2) is 0 Å². The molecular formula is C56H37NO. The number of hydrogen-bond acceptors (Lipinski definition) is 2. The van der Waals surface area contributed by atoms with Gasteiger partial charge in [0.25, 0.3) is 0 Å². The number of hydrogen-bond donors (Lipinski definition) is 0. The van der Waals surface area contributed by atoms with Crippen LogP contribution in [-0.2, 0) is 0 Å². The fourth-order valence-corrected chi connectivity index (χ4v) is 8.68. The third-order valence-corrected chi connectivity index (χ3v) is 11.5. The fraction of sp³-hybridized carbons (Fsp3) is 0. The number of fused-ring (bicyclic) bond motifs is 6. The molecule has 272 valence electrons. The molecule has 0 radical (unpaired) electrons. The molecule has 0 saturated carbocycles. The number of anilines is 3. The van der Waals surface area contributed by atoms with Crippen molar-refractivity contribution in [1.29, 1.82) is 0 Å². The highest BCUT2D eigenvalue weighted by Gasteiger charge is 2.21. The van der Waals surface area contributed by atoms with Crippen molar-refractivity contribution in [3.63, 3.8) is 0 Å². The van der Waals surface area contributed by atoms with Crippen molar-refractivity contribution in [3.05, 3.63) is 224 Å². The van der Waals surface area contributed by atoms with Crippen LogP contribution in [0.25, 0.3) is 88.0 Å². The van der Waals surface area contributed by atoms with E-state index >= 15 is 0 Å². The van der Waals surface area contributed by atoms with Gasteiger partial charge in [0, 0.05) is 27.6 Å². The van der Waals surface area contributed by atoms with E-state index < -0.39 is 0 Å². The molecule has 11 rings (SSSR count). The Kier molecular flexibility index (Phi) is 8.19. The zero-order valence-corrected chi connectivity index (χ0v) is 31.7. The van der Waals surface area contributed by atoms with Crippen LogP contribution < -0.4 is 4.90 Å². The summed E-state index contributed by atoms with van der Waals surface area (Å²) >= 11 is 0. The van der Waals surface area contributed by atoms with E-state index in [2.05, 4.69) is 217 Å². The Labute approximate surface area is 337 Å². The van der Waals surface area contributed by atoms with Crippen molar-refractivity contribution in [2.75, 3.05) is 4.90 Å². The minimum absolute atomic E-state index is 0.889. The smallest absolute Gasteiger partial charge is 0.135 e. The van der Waals surface area contributed by atoms with Gasteiger partial charge >= 0.3 is 0 Å². The molecule has 0 saturated heterocycles. The van der Waals surface area contributed by atoms with Crippen molar-refractivity contribution in [1.82, 2.24) is 0 Å². The van der Waals surface area contributed by atoms with E-state index in [1.54, 1.807) is 0 Å². The van der Waals surface area contributed by atoms with Crippen LogP contribution in [0.5, 0.6) is 0 Å². The molecule has 2 heteroatoms. The van der Waals surface area contributed by atoms with Crippen LogP contribution in [0, 0.1) is 0 Å². The molecule has 2 nitrogen and oxygen atoms in total. The Bertz CT molecular complexity index is 3270. The quantitative estimate of drug-likeness (QED) is 0.151. The van der Waals surface area contributed by atoms with Gasteiger partial charge in [-0.1, -0.05) is 182 Å². The molecule has 0 atom stereocenters. The molecule has 10 aromatic carbocycles. The van der Waals surface area contributed by atoms with Gasteiger partial charge in [0.1, 0.15) is 11.2 Å². The second-order valence-electron chi connectivity index (χ2n) is 14.9. The van der Waals surface area contributed by atoms with Crippen LogP contribution in [0.1, 0.15) is 0 Å². The fourth-order valence-electron chi connectivity index (χ4n) is 8.68. The van der Waals surface area contributed by atoms with Crippen molar-refractivity contribution in [2.45, 2.75) is 0 Å². The highest BCUT2D eigenvalue weighted by atomic mass is 16.3. The minimum atomic E-state index is 0.889. The average Bonchev–Trinajstić information content (AvgIpc) is 3.68. The Hall–Kier alpha value is -7.68. The molecule has 0 aliphatic heterocycles. The van der Waals surface area contributed by atoms with Gasteiger partial charge in [-0.2, -0.15) is 0 Å². The number of furan rings is 1. The van der Waals surface area contributed by atoms with Gasteiger partial charge in [0.05, 0.1) is 11.4 Å². The van der Waals surface area contributed by atoms with E-state index in [0.29, 0.717) is 0 Å². The maximum atomic E-state index is 6.25. The highest BCUT2D eigenvalue weighted by molar-refractivity contribution is 6.12. The molecule has 58 heavy (non-hydrogen) atoms. The zero-order valence-electron chi connectivity index (χ0n) is 31.7. The molecule has 1 heterocycles. The minimum Gasteiger partial charge on any atom is -0.456 e. The lowest BCUT2D eigenvalue weighted by molar-refractivity contribution is 0.669. The van der Waals surface area contributed by atoms with E-state index in [4.69, 9.17) is 4.42 Å². The molecule has 0 bridgehead atoms. The second kappa shape index (κ2) is 14.1. The molecular weight excluding hydrogens is 703 g/mol. The second-order valence-corrected chi connectivity index (χ2v) is 14.9. The van der Waals surface area contributed by atoms with Crippen molar-refractivity contribution in [3.8, 4) is 44.5 Å². The van der Waals surface area contributed by atoms with Crippen LogP contribution in [0.15, 0.2) is 229 Å². The molecule has 0 aliphatic carbocycles. The van der Waals surface area contributed by atoms with E-state index in [-0.39, 0.29) is 0 Å². The predicted molar refractivity (Wildman–Crippen MR) is 245 cm³/mol. The standard InChI is InChI=1S/C56H37NO/c1-2-13-38(14-3-1)39-25-27-42(28-26-39)47-17-6-9-22-53(47)57(54-23-10-7-18-48(54)43-32-36-56-52(37-43)51-19-8-11-24-55(51)58-56)44-33-29-41(30-34-44)46-20-12-21-49-45-16-5-4-15-40(45)31-35-50(46)49/h1-37H. The summed E-state index contributed by atoms with van der Waals surface area (Å²) < 4.78 is 6.25. The summed E-state index contributed by atoms with van der Waals surface area (Å²) in [6.45, 7) is 0. The highest BCUT2D eigenvalue weighted by Crippen LogP contribution is 2.46. The van der Waals surface area contributed by atoms with E-state index in [0.717, 1.165) is 61.3 Å². The summed E-state index contributed by atoms with van der Waals surface area (Å²) in [5.41, 5.74) is 14.4. The van der Waals surface area contributed by atoms with Crippen LogP contribution in [0.4, 0.5) is 17.1 Å². The van der Waals surface area contributed by atoms with Crippen LogP contribution in [0.3, 0.4) is 0 Å². The first-order valence-electron chi connectivity index (χ1n) is 19.8. The molecule has 0 aliphatic rings. The molecule has 0 spiro atoms. The molecule has 0 N–H and O–H groups in total. The zero-order chi connectivity index (χ0) is 38.4. The summed E-state index contributed by atoms with van der Waals surface area (Å²) in [5.74, 6) is 0. The van der Waals surface area contributed by atoms with Gasteiger partial charge in [-0.3, -0.25) is 0 Å². The normalized spacial score (nSPS) is 11.4. The summed E-state index contributed by atoms with van der Waals surface area (Å²) in [6, 6.07) is 80.8. The topological polar surface area (TPSA) is 16.4 Å². The molecule has 1 aromatic heterocycles. The lowest BCUT2D eigenvalue weighted by Gasteiger charge is -2.30. The third kappa shape index (κ3) is 5.82. The number of nitrogens with zero attached hydrogens (tertiary/aromatic N) is 1. The summed E-state index contributed by atoms with van der Waals surface area (Å²) in [4.78, 5) is 2.42. The van der Waals surface area contributed by atoms with Gasteiger partial charge in [-0.15, -0.1) is 0 Å². The summed E-state index contributed by atoms with van der Waals surface area (Å²) in [7, 11) is 0. The van der Waals surface area contributed by atoms with Gasteiger partial charge < -0.3 is 9.32 Å². The summed E-state index contributed by atoms with van der Waals surface area (Å²) in [6.07, 6.45) is 0. The first kappa shape index (κ1) is 33.6. The van der Waals surface area contributed by atoms with Gasteiger partial charge in [-0.05, 0) is 97.4 Å². The van der Waals surface area contributed by atoms with Gasteiger partial charge in [-0.25, -0.2) is 0 Å². The number of para-hydroxylation sites is 3. The third-order valence-electron chi connectivity index (χ3n) is 11.5. The first-order chi connectivity index (χ1) is 28.8. The number of rotatable bonds is 7. The Morgan fingerprint density at radius 2 is 0.810 bits per heavy atom. The largest absolute Gasteiger partial charge is 0.456 e. The van der Waals surface area contributed by atoms with Crippen molar-refractivity contribution < 1.29 is 4.42 Å². The van der Waals surface area contributed by atoms with E-state index in [9.17, 15) is 0 Å². The SMILES string of the molecule is c1ccc(-c2ccc(-c3ccccc3N(c3ccc(-c4cccc5c4ccc4ccccc45)cc3)c3ccccc3-c3ccc4oc5ccccc5c4c3)cc2)cc1. The Balaban J connectivity index is 1.08.